The van der Waals surface area contributed by atoms with Crippen molar-refractivity contribution in [3.05, 3.63) is 65.2 Å². The minimum Gasteiger partial charge on any atom is -0.508 e. The molecule has 35 heteroatoms. The number of hydrogen-bond donors (Lipinski definition) is 19. The molecular weight excluding hydrogens is 1250 g/mol. The van der Waals surface area contributed by atoms with Crippen LogP contribution in [0.15, 0.2) is 63.5 Å². The van der Waals surface area contributed by atoms with E-state index in [2.05, 4.69) is 82.8 Å². The Balaban J connectivity index is 1.55. The molecule has 0 bridgehead atoms. The molecule has 2 heterocycles. The van der Waals surface area contributed by atoms with E-state index in [1.54, 1.807) is 50.2 Å². The lowest BCUT2D eigenvalue weighted by Crippen LogP contribution is -2.61. The number of carbonyl (C=O) groups excluding carboxylic acids is 11. The summed E-state index contributed by atoms with van der Waals surface area (Å²) < 4.78 is 0. The highest BCUT2D eigenvalue weighted by molar-refractivity contribution is 7.80. The van der Waals surface area contributed by atoms with Crippen LogP contribution in [-0.2, 0) is 72.1 Å². The predicted octanol–water partition coefficient (Wildman–Crippen LogP) is -6.10. The number of nitrogens with zero attached hydrogens (tertiary/aromatic N) is 5. The van der Waals surface area contributed by atoms with E-state index in [0.29, 0.717) is 24.0 Å². The lowest BCUT2D eigenvalue weighted by Gasteiger charge is -2.36. The van der Waals surface area contributed by atoms with Crippen LogP contribution in [0.2, 0.25) is 0 Å². The van der Waals surface area contributed by atoms with Crippen LogP contribution in [0.25, 0.3) is 0 Å². The van der Waals surface area contributed by atoms with Crippen molar-refractivity contribution >= 4 is 108 Å². The van der Waals surface area contributed by atoms with Crippen LogP contribution in [0.5, 0.6) is 5.75 Å². The van der Waals surface area contributed by atoms with Gasteiger partial charge in [0.05, 0.1) is 19.1 Å². The number of amides is 11. The van der Waals surface area contributed by atoms with Crippen molar-refractivity contribution in [2.24, 2.45) is 66.8 Å². The maximum Gasteiger partial charge on any atom is 0.245 e. The molecule has 0 spiro atoms. The van der Waals surface area contributed by atoms with E-state index in [0.717, 1.165) is 5.56 Å². The third kappa shape index (κ3) is 25.1. The van der Waals surface area contributed by atoms with E-state index >= 15 is 0 Å². The molecule has 4 rings (SSSR count). The molecule has 0 radical (unpaired) electrons. The number of fused-ring (bicyclic) bond motifs is 1. The van der Waals surface area contributed by atoms with Gasteiger partial charge in [-0.2, -0.15) is 25.3 Å². The van der Waals surface area contributed by atoms with Crippen molar-refractivity contribution in [2.75, 3.05) is 50.8 Å². The predicted molar refractivity (Wildman–Crippen MR) is 353 cm³/mol. The van der Waals surface area contributed by atoms with Gasteiger partial charge in [0.1, 0.15) is 54.1 Å². The van der Waals surface area contributed by atoms with Crippen LogP contribution in [-0.4, -0.2) is 203 Å². The SMILES string of the molecule is CC[C@H](C)[C@H](NC(=O)[C@H](CCCN=C(N)N)NC(=O)[C@H](CCCN=C(N)N)NC(=O)[C@H](CS)NC(=O)[C@@H]1Cc2ccccc2CN1C(=O)CNC(=O)CNC(=O)[C@@H](N)Cc1ccc(O)cc1)C(=O)N[C@@H](CCCN=C(N)N)C(=O)N1CCC[C@H]1C(=O)N[C@@H](CS)C(N)=O. The van der Waals surface area contributed by atoms with Gasteiger partial charge in [-0.05, 0) is 92.5 Å². The van der Waals surface area contributed by atoms with Gasteiger partial charge >= 0.3 is 0 Å². The molecule has 0 saturated carbocycles. The monoisotopic (exact) mass is 1340 g/mol. The Hall–Kier alpha value is -9.12. The zero-order valence-corrected chi connectivity index (χ0v) is 54.0. The number of phenolic OH excluding ortho intramolecular Hbond substituents is 1. The van der Waals surface area contributed by atoms with Gasteiger partial charge in [0.25, 0.3) is 0 Å². The number of benzene rings is 2. The summed E-state index contributed by atoms with van der Waals surface area (Å²) in [5.74, 6) is -10.1. The summed E-state index contributed by atoms with van der Waals surface area (Å²) in [5.41, 5.74) is 47.0. The first-order valence-corrected chi connectivity index (χ1v) is 31.7. The normalized spacial score (nSPS) is 16.7. The van der Waals surface area contributed by atoms with Crippen LogP contribution < -0.4 is 88.4 Å². The van der Waals surface area contributed by atoms with E-state index in [9.17, 15) is 57.8 Å². The van der Waals surface area contributed by atoms with Crippen molar-refractivity contribution in [1.29, 1.82) is 0 Å². The summed E-state index contributed by atoms with van der Waals surface area (Å²) in [6.07, 6.45) is 1.18. The molecule has 2 aromatic rings. The van der Waals surface area contributed by atoms with Gasteiger partial charge in [-0.15, -0.1) is 0 Å². The number of primary amides is 1. The molecule has 0 aromatic heterocycles. The number of carbonyl (C=O) groups is 11. The molecule has 0 aliphatic carbocycles. The maximum absolute atomic E-state index is 14.6. The van der Waals surface area contributed by atoms with Crippen LogP contribution in [0.1, 0.15) is 88.3 Å². The molecule has 512 valence electrons. The van der Waals surface area contributed by atoms with Crippen molar-refractivity contribution in [3.8, 4) is 5.75 Å². The summed E-state index contributed by atoms with van der Waals surface area (Å²) in [4.78, 5) is 166. The third-order valence-corrected chi connectivity index (χ3v) is 16.2. The minimum atomic E-state index is -1.45. The summed E-state index contributed by atoms with van der Waals surface area (Å²) in [5, 5.41) is 30.5. The lowest BCUT2D eigenvalue weighted by molar-refractivity contribution is -0.143. The Morgan fingerprint density at radius 2 is 1.10 bits per heavy atom. The number of aromatic hydroxyl groups is 1. The van der Waals surface area contributed by atoms with Crippen molar-refractivity contribution < 1.29 is 57.8 Å². The molecule has 2 aliphatic heterocycles. The van der Waals surface area contributed by atoms with Gasteiger partial charge in [0.2, 0.25) is 65.0 Å². The lowest BCUT2D eigenvalue weighted by atomic mass is 9.93. The number of nitrogens with one attached hydrogen (secondary N) is 8. The number of nitrogens with two attached hydrogens (primary N) is 8. The van der Waals surface area contributed by atoms with E-state index in [-0.39, 0.29) is 126 Å². The zero-order chi connectivity index (χ0) is 68.9. The van der Waals surface area contributed by atoms with Crippen molar-refractivity contribution in [1.82, 2.24) is 52.3 Å². The standard InChI is InChI=1S/C58H91N21O12S2/c1-3-31(2)46(54(90)74-39(14-8-22-69-58(65)66)55(91)78-23-9-15-42(78)52(88)75-40(29-92)47(60)83)77-50(86)38(13-7-21-68-57(63)64)72-49(85)37(12-6-20-67-56(61)62)73-51(87)41(30-93)76-53(89)43-25-33-10-4-5-11-34(33)28-79(43)45(82)27-70-44(81)26-71-48(84)36(59)24-32-16-18-35(80)19-17-32/h4-5,10-11,16-19,31,36-43,46,80,92-93H,3,6-9,12-15,20-30,59H2,1-2H3,(H2,60,83)(H,70,81)(H,71,84)(H,72,85)(H,73,87)(H,74,90)(H,75,88)(H,76,89)(H,77,86)(H4,61,62,67)(H4,63,64,68)(H4,65,66,69)/t31-,36-,37-,38-,39-,40-,41-,42-,43-,46-/m0/s1. The number of guanidine groups is 3. The molecule has 25 N–H and O–H groups in total. The molecule has 0 unspecified atom stereocenters. The number of rotatable bonds is 37. The first kappa shape index (κ1) is 76.3. The molecule has 2 aliphatic rings. The third-order valence-electron chi connectivity index (χ3n) is 15.5. The van der Waals surface area contributed by atoms with E-state index in [1.165, 1.54) is 21.9 Å². The highest BCUT2D eigenvalue weighted by atomic mass is 32.1. The van der Waals surface area contributed by atoms with E-state index < -0.39 is 138 Å². The van der Waals surface area contributed by atoms with Crippen LogP contribution >= 0.6 is 25.3 Å². The van der Waals surface area contributed by atoms with E-state index in [4.69, 9.17) is 45.9 Å². The second-order valence-corrected chi connectivity index (χ2v) is 23.2. The molecular formula is C58H91N21O12S2. The second-order valence-electron chi connectivity index (χ2n) is 22.5. The fourth-order valence-electron chi connectivity index (χ4n) is 10.1. The Kier molecular flexibility index (Phi) is 31.7. The number of hydrogen-bond acceptors (Lipinski definition) is 18. The smallest absolute Gasteiger partial charge is 0.245 e. The first-order chi connectivity index (χ1) is 44.2. The molecule has 93 heavy (non-hydrogen) atoms. The van der Waals surface area contributed by atoms with Crippen LogP contribution in [0.4, 0.5) is 0 Å². The van der Waals surface area contributed by atoms with Gasteiger partial charge in [-0.1, -0.05) is 56.7 Å². The summed E-state index contributed by atoms with van der Waals surface area (Å²) in [6, 6.07) is 1.79. The Morgan fingerprint density at radius 1 is 0.591 bits per heavy atom. The highest BCUT2D eigenvalue weighted by Crippen LogP contribution is 2.25. The molecule has 10 atom stereocenters. The summed E-state index contributed by atoms with van der Waals surface area (Å²) in [7, 11) is 0. The zero-order valence-electron chi connectivity index (χ0n) is 52.2. The first-order valence-electron chi connectivity index (χ1n) is 30.4. The van der Waals surface area contributed by atoms with E-state index in [1.807, 2.05) is 0 Å². The second kappa shape index (κ2) is 38.7. The molecule has 11 amide bonds. The Labute approximate surface area is 549 Å². The molecule has 1 fully saturated rings. The van der Waals surface area contributed by atoms with Gasteiger partial charge in [0, 0.05) is 50.7 Å². The number of aliphatic imine (C=N–C) groups is 3. The Morgan fingerprint density at radius 3 is 1.63 bits per heavy atom. The van der Waals surface area contributed by atoms with Crippen molar-refractivity contribution in [2.45, 2.75) is 145 Å². The number of phenols is 1. The summed E-state index contributed by atoms with van der Waals surface area (Å²) in [6.45, 7) is 2.46. The topological polar surface area (TPSA) is 556 Å². The average Bonchev–Trinajstić information content (AvgIpc) is 1.66. The van der Waals surface area contributed by atoms with Crippen molar-refractivity contribution in [3.63, 3.8) is 0 Å². The molecule has 2 aromatic carbocycles. The van der Waals surface area contributed by atoms with Gasteiger partial charge in [-0.25, -0.2) is 0 Å². The maximum atomic E-state index is 14.6. The minimum absolute atomic E-state index is 0.000306. The fourth-order valence-corrected chi connectivity index (χ4v) is 10.7. The molecule has 1 saturated heterocycles. The number of thiol groups is 2. The average molecular weight is 1340 g/mol. The van der Waals surface area contributed by atoms with Crippen LogP contribution in [0.3, 0.4) is 0 Å². The van der Waals surface area contributed by atoms with Crippen LogP contribution in [0, 0.1) is 5.92 Å². The highest BCUT2D eigenvalue weighted by Gasteiger charge is 2.41. The summed E-state index contributed by atoms with van der Waals surface area (Å²) >= 11 is 8.47. The largest absolute Gasteiger partial charge is 0.508 e. The molecule has 33 nitrogen and oxygen atoms in total. The van der Waals surface area contributed by atoms with Gasteiger partial charge < -0.3 is 103 Å². The van der Waals surface area contributed by atoms with Gasteiger partial charge in [0.15, 0.2) is 17.9 Å². The number of likely N-dealkylation sites (tertiary alicyclic amines) is 1. The quantitative estimate of drug-likeness (QED) is 0.0130. The Bertz CT molecular complexity index is 3020. The van der Waals surface area contributed by atoms with Gasteiger partial charge in [-0.3, -0.25) is 67.7 Å². The fraction of sp³-hybridized carbons (Fsp3) is 0.552.